The predicted octanol–water partition coefficient (Wildman–Crippen LogP) is 1.58. The summed E-state index contributed by atoms with van der Waals surface area (Å²) in [6.07, 6.45) is 0.324. The van der Waals surface area contributed by atoms with Crippen LogP contribution in [0.3, 0.4) is 0 Å². The molecule has 0 aliphatic carbocycles. The van der Waals surface area contributed by atoms with E-state index in [1.54, 1.807) is 6.92 Å². The molecule has 0 fully saturated rings. The zero-order chi connectivity index (χ0) is 11.8. The molecular weight excluding hydrogens is 240 g/mol. The maximum Gasteiger partial charge on any atom is 0.310 e. The van der Waals surface area contributed by atoms with Gasteiger partial charge in [-0.25, -0.2) is 0 Å². The fourth-order valence-corrected chi connectivity index (χ4v) is 1.34. The monoisotopic (exact) mass is 258 g/mol. The molecule has 0 aliphatic rings. The Morgan fingerprint density at radius 2 is 2.00 bits per heavy atom. The minimum atomic E-state index is -0.190. The standard InChI is InChI=1S/C12H18N2O2.ClH/c1-2-16-12(15)9-10-3-5-11(6-4-10)14-8-7-13;/h3-6,14H,2,7-9,13H2,1H3;1H. The van der Waals surface area contributed by atoms with E-state index in [2.05, 4.69) is 5.32 Å². The lowest BCUT2D eigenvalue weighted by atomic mass is 10.1. The summed E-state index contributed by atoms with van der Waals surface area (Å²) in [4.78, 5) is 11.2. The summed E-state index contributed by atoms with van der Waals surface area (Å²) < 4.78 is 4.87. The van der Waals surface area contributed by atoms with E-state index in [1.165, 1.54) is 0 Å². The molecule has 5 heteroatoms. The number of benzene rings is 1. The van der Waals surface area contributed by atoms with E-state index >= 15 is 0 Å². The van der Waals surface area contributed by atoms with E-state index < -0.39 is 0 Å². The number of ether oxygens (including phenoxy) is 1. The molecule has 0 heterocycles. The highest BCUT2D eigenvalue weighted by molar-refractivity contribution is 5.85. The average Bonchev–Trinajstić information content (AvgIpc) is 2.28. The number of hydrogen-bond donors (Lipinski definition) is 2. The molecule has 0 amide bonds. The largest absolute Gasteiger partial charge is 0.466 e. The number of carbonyl (C=O) groups excluding carboxylic acids is 1. The van der Waals surface area contributed by atoms with Gasteiger partial charge < -0.3 is 15.8 Å². The van der Waals surface area contributed by atoms with Crippen LogP contribution < -0.4 is 11.1 Å². The van der Waals surface area contributed by atoms with Gasteiger partial charge in [-0.05, 0) is 24.6 Å². The van der Waals surface area contributed by atoms with E-state index in [0.717, 1.165) is 17.8 Å². The van der Waals surface area contributed by atoms with Crippen molar-refractivity contribution in [3.8, 4) is 0 Å². The third kappa shape index (κ3) is 6.14. The molecule has 0 aromatic heterocycles. The van der Waals surface area contributed by atoms with Crippen LogP contribution in [-0.2, 0) is 16.0 Å². The van der Waals surface area contributed by atoms with Crippen LogP contribution in [0.4, 0.5) is 5.69 Å². The maximum atomic E-state index is 11.2. The summed E-state index contributed by atoms with van der Waals surface area (Å²) >= 11 is 0. The number of rotatable bonds is 6. The fourth-order valence-electron chi connectivity index (χ4n) is 1.34. The third-order valence-electron chi connectivity index (χ3n) is 2.08. The Morgan fingerprint density at radius 1 is 1.35 bits per heavy atom. The van der Waals surface area contributed by atoms with E-state index in [0.29, 0.717) is 19.6 Å². The van der Waals surface area contributed by atoms with Crippen molar-refractivity contribution in [3.63, 3.8) is 0 Å². The molecule has 3 N–H and O–H groups in total. The zero-order valence-corrected chi connectivity index (χ0v) is 10.8. The molecule has 4 nitrogen and oxygen atoms in total. The molecule has 96 valence electrons. The van der Waals surface area contributed by atoms with Gasteiger partial charge in [-0.3, -0.25) is 4.79 Å². The van der Waals surface area contributed by atoms with Crippen LogP contribution in [0.5, 0.6) is 0 Å². The Balaban J connectivity index is 0.00000256. The third-order valence-corrected chi connectivity index (χ3v) is 2.08. The molecule has 1 aromatic carbocycles. The Kier molecular flexibility index (Phi) is 8.19. The summed E-state index contributed by atoms with van der Waals surface area (Å²) in [7, 11) is 0. The van der Waals surface area contributed by atoms with Gasteiger partial charge in [0.15, 0.2) is 0 Å². The van der Waals surface area contributed by atoms with Gasteiger partial charge in [-0.2, -0.15) is 0 Å². The molecule has 0 saturated carbocycles. The van der Waals surface area contributed by atoms with Crippen molar-refractivity contribution in [2.24, 2.45) is 5.73 Å². The lowest BCUT2D eigenvalue weighted by Gasteiger charge is -2.06. The van der Waals surface area contributed by atoms with Crippen LogP contribution >= 0.6 is 12.4 Å². The molecule has 1 rings (SSSR count). The van der Waals surface area contributed by atoms with Gasteiger partial charge in [0.2, 0.25) is 0 Å². The van der Waals surface area contributed by atoms with Crippen LogP contribution in [0.25, 0.3) is 0 Å². The topological polar surface area (TPSA) is 64.3 Å². The average molecular weight is 259 g/mol. The quantitative estimate of drug-likeness (QED) is 0.761. The van der Waals surface area contributed by atoms with Crippen molar-refractivity contribution in [1.29, 1.82) is 0 Å². The lowest BCUT2D eigenvalue weighted by Crippen LogP contribution is -2.13. The Bertz CT molecular complexity index is 328. The summed E-state index contributed by atoms with van der Waals surface area (Å²) in [5.74, 6) is -0.190. The molecule has 0 aliphatic heterocycles. The first kappa shape index (κ1) is 15.7. The fraction of sp³-hybridized carbons (Fsp3) is 0.417. The van der Waals surface area contributed by atoms with Crippen LogP contribution in [-0.4, -0.2) is 25.7 Å². The molecule has 0 saturated heterocycles. The van der Waals surface area contributed by atoms with E-state index in [4.69, 9.17) is 10.5 Å². The van der Waals surface area contributed by atoms with Crippen molar-refractivity contribution >= 4 is 24.1 Å². The van der Waals surface area contributed by atoms with Gasteiger partial charge in [0.25, 0.3) is 0 Å². The number of hydrogen-bond acceptors (Lipinski definition) is 4. The Hall–Kier alpha value is -1.26. The molecule has 17 heavy (non-hydrogen) atoms. The Morgan fingerprint density at radius 3 is 2.53 bits per heavy atom. The highest BCUT2D eigenvalue weighted by Gasteiger charge is 2.03. The first-order valence-electron chi connectivity index (χ1n) is 5.44. The van der Waals surface area contributed by atoms with Crippen LogP contribution in [0.1, 0.15) is 12.5 Å². The molecule has 0 radical (unpaired) electrons. The van der Waals surface area contributed by atoms with Crippen LogP contribution in [0.15, 0.2) is 24.3 Å². The minimum Gasteiger partial charge on any atom is -0.466 e. The van der Waals surface area contributed by atoms with Gasteiger partial charge in [-0.1, -0.05) is 12.1 Å². The first-order valence-corrected chi connectivity index (χ1v) is 5.44. The van der Waals surface area contributed by atoms with Crippen molar-refractivity contribution in [2.45, 2.75) is 13.3 Å². The predicted molar refractivity (Wildman–Crippen MR) is 71.6 cm³/mol. The lowest BCUT2D eigenvalue weighted by molar-refractivity contribution is -0.142. The van der Waals surface area contributed by atoms with Crippen LogP contribution in [0.2, 0.25) is 0 Å². The van der Waals surface area contributed by atoms with E-state index in [1.807, 2.05) is 24.3 Å². The smallest absolute Gasteiger partial charge is 0.310 e. The number of halogens is 1. The van der Waals surface area contributed by atoms with Gasteiger partial charge in [0.05, 0.1) is 13.0 Å². The number of nitrogens with one attached hydrogen (secondary N) is 1. The number of anilines is 1. The van der Waals surface area contributed by atoms with Gasteiger partial charge in [-0.15, -0.1) is 12.4 Å². The molecular formula is C12H19ClN2O2. The van der Waals surface area contributed by atoms with E-state index in [9.17, 15) is 4.79 Å². The summed E-state index contributed by atoms with van der Waals surface area (Å²) in [6.45, 7) is 3.58. The minimum absolute atomic E-state index is 0. The van der Waals surface area contributed by atoms with Crippen molar-refractivity contribution in [2.75, 3.05) is 25.0 Å². The molecule has 1 aromatic rings. The number of carbonyl (C=O) groups is 1. The molecule has 0 unspecified atom stereocenters. The van der Waals surface area contributed by atoms with E-state index in [-0.39, 0.29) is 18.4 Å². The van der Waals surface area contributed by atoms with Crippen molar-refractivity contribution < 1.29 is 9.53 Å². The summed E-state index contributed by atoms with van der Waals surface area (Å²) in [6, 6.07) is 7.69. The number of nitrogens with two attached hydrogens (primary N) is 1. The van der Waals surface area contributed by atoms with Crippen LogP contribution in [0, 0.1) is 0 Å². The summed E-state index contributed by atoms with van der Waals surface area (Å²) in [5, 5.41) is 3.16. The second-order valence-corrected chi connectivity index (χ2v) is 3.39. The molecule has 0 atom stereocenters. The maximum absolute atomic E-state index is 11.2. The normalized spacial score (nSPS) is 9.29. The second-order valence-electron chi connectivity index (χ2n) is 3.39. The first-order chi connectivity index (χ1) is 7.76. The SMILES string of the molecule is CCOC(=O)Cc1ccc(NCCN)cc1.Cl. The highest BCUT2D eigenvalue weighted by Crippen LogP contribution is 2.09. The Labute approximate surface area is 108 Å². The second kappa shape index (κ2) is 8.84. The molecule has 0 bridgehead atoms. The van der Waals surface area contributed by atoms with Crippen molar-refractivity contribution in [1.82, 2.24) is 0 Å². The molecule has 0 spiro atoms. The number of esters is 1. The zero-order valence-electron chi connectivity index (χ0n) is 9.94. The van der Waals surface area contributed by atoms with Crippen molar-refractivity contribution in [3.05, 3.63) is 29.8 Å². The van der Waals surface area contributed by atoms with Gasteiger partial charge in [0, 0.05) is 18.8 Å². The van der Waals surface area contributed by atoms with Gasteiger partial charge >= 0.3 is 5.97 Å². The highest BCUT2D eigenvalue weighted by atomic mass is 35.5. The summed E-state index contributed by atoms with van der Waals surface area (Å²) in [5.41, 5.74) is 7.35. The van der Waals surface area contributed by atoms with Gasteiger partial charge in [0.1, 0.15) is 0 Å².